The summed E-state index contributed by atoms with van der Waals surface area (Å²) in [6, 6.07) is 0. The molecule has 13 heavy (non-hydrogen) atoms. The average Bonchev–Trinajstić information content (AvgIpc) is 2.12. The minimum Gasteiger partial charge on any atom is -0.469 e. The maximum Gasteiger partial charge on any atom is 0.508 e. The number of ether oxygens (including phenoxy) is 3. The first-order valence-corrected chi connectivity index (χ1v) is 3.73. The second-order valence-electron chi connectivity index (χ2n) is 3.12. The Morgan fingerprint density at radius 1 is 1.15 bits per heavy atom. The predicted molar refractivity (Wildman–Crippen MR) is 44.2 cm³/mol. The van der Waals surface area contributed by atoms with Crippen LogP contribution in [0.3, 0.4) is 0 Å². The van der Waals surface area contributed by atoms with Crippen molar-refractivity contribution in [2.45, 2.75) is 13.8 Å². The van der Waals surface area contributed by atoms with Gasteiger partial charge in [-0.3, -0.25) is 4.79 Å². The van der Waals surface area contributed by atoms with Gasteiger partial charge in [0.15, 0.2) is 0 Å². The van der Waals surface area contributed by atoms with E-state index in [4.69, 9.17) is 0 Å². The van der Waals surface area contributed by atoms with Crippen molar-refractivity contribution in [1.29, 1.82) is 0 Å². The van der Waals surface area contributed by atoms with Gasteiger partial charge in [-0.1, -0.05) is 0 Å². The third kappa shape index (κ3) is 3.78. The van der Waals surface area contributed by atoms with Gasteiger partial charge in [0.25, 0.3) is 0 Å². The topological polar surface area (TPSA) is 61.8 Å². The lowest BCUT2D eigenvalue weighted by Crippen LogP contribution is -2.31. The lowest BCUT2D eigenvalue weighted by Gasteiger charge is -2.20. The van der Waals surface area contributed by atoms with Gasteiger partial charge in [0.2, 0.25) is 0 Å². The van der Waals surface area contributed by atoms with Gasteiger partial charge < -0.3 is 14.2 Å². The summed E-state index contributed by atoms with van der Waals surface area (Å²) in [7, 11) is 2.48. The van der Waals surface area contributed by atoms with E-state index < -0.39 is 17.5 Å². The Balaban J connectivity index is 4.03. The Hall–Kier alpha value is -1.26. The fraction of sp³-hybridized carbons (Fsp3) is 0.750. The van der Waals surface area contributed by atoms with E-state index in [0.717, 1.165) is 0 Å². The fourth-order valence-electron chi connectivity index (χ4n) is 0.633. The summed E-state index contributed by atoms with van der Waals surface area (Å²) in [5.74, 6) is -0.434. The molecule has 0 heterocycles. The van der Waals surface area contributed by atoms with Crippen LogP contribution in [-0.4, -0.2) is 33.0 Å². The highest BCUT2D eigenvalue weighted by Gasteiger charge is 2.30. The van der Waals surface area contributed by atoms with Gasteiger partial charge in [-0.05, 0) is 13.8 Å². The van der Waals surface area contributed by atoms with Gasteiger partial charge in [0.05, 0.1) is 19.6 Å². The fourth-order valence-corrected chi connectivity index (χ4v) is 0.633. The van der Waals surface area contributed by atoms with Crippen LogP contribution >= 0.6 is 0 Å². The van der Waals surface area contributed by atoms with E-state index in [9.17, 15) is 9.59 Å². The normalized spacial score (nSPS) is 10.5. The molecular weight excluding hydrogens is 176 g/mol. The first-order chi connectivity index (χ1) is 5.94. The summed E-state index contributed by atoms with van der Waals surface area (Å²) in [4.78, 5) is 21.7. The van der Waals surface area contributed by atoms with E-state index in [1.165, 1.54) is 14.2 Å². The molecule has 0 aliphatic carbocycles. The van der Waals surface area contributed by atoms with Gasteiger partial charge >= 0.3 is 12.1 Å². The highest BCUT2D eigenvalue weighted by molar-refractivity contribution is 5.76. The molecule has 0 radical (unpaired) electrons. The third-order valence-electron chi connectivity index (χ3n) is 1.46. The number of methoxy groups -OCH3 is 2. The molecule has 0 rings (SSSR count). The molecule has 5 heteroatoms. The van der Waals surface area contributed by atoms with Crippen molar-refractivity contribution >= 4 is 12.1 Å². The average molecular weight is 190 g/mol. The number of hydrogen-bond acceptors (Lipinski definition) is 5. The number of hydrogen-bond donors (Lipinski definition) is 0. The molecule has 76 valence electrons. The monoisotopic (exact) mass is 190 g/mol. The first kappa shape index (κ1) is 11.7. The quantitative estimate of drug-likeness (QED) is 0.620. The standard InChI is InChI=1S/C8H14O5/c1-8(2,6(9)11-3)5-13-7(10)12-4/h5H2,1-4H3. The van der Waals surface area contributed by atoms with E-state index in [1.807, 2.05) is 0 Å². The zero-order valence-corrected chi connectivity index (χ0v) is 8.25. The van der Waals surface area contributed by atoms with Crippen molar-refractivity contribution < 1.29 is 23.8 Å². The molecule has 0 spiro atoms. The van der Waals surface area contributed by atoms with Crippen molar-refractivity contribution in [1.82, 2.24) is 0 Å². The van der Waals surface area contributed by atoms with E-state index in [2.05, 4.69) is 14.2 Å². The maximum atomic E-state index is 11.1. The van der Waals surface area contributed by atoms with Crippen LogP contribution in [0, 0.1) is 5.41 Å². The highest BCUT2D eigenvalue weighted by atomic mass is 16.7. The number of rotatable bonds is 3. The zero-order chi connectivity index (χ0) is 10.5. The predicted octanol–water partition coefficient (Wildman–Crippen LogP) is 0.969. The summed E-state index contributed by atoms with van der Waals surface area (Å²) in [5, 5.41) is 0. The molecular formula is C8H14O5. The van der Waals surface area contributed by atoms with E-state index in [-0.39, 0.29) is 6.61 Å². The van der Waals surface area contributed by atoms with Crippen LogP contribution in [0.5, 0.6) is 0 Å². The van der Waals surface area contributed by atoms with Crippen molar-refractivity contribution in [3.05, 3.63) is 0 Å². The second-order valence-corrected chi connectivity index (χ2v) is 3.12. The molecule has 0 bridgehead atoms. The Morgan fingerprint density at radius 3 is 2.08 bits per heavy atom. The van der Waals surface area contributed by atoms with Crippen LogP contribution in [0.2, 0.25) is 0 Å². The van der Waals surface area contributed by atoms with Gasteiger partial charge in [0, 0.05) is 0 Å². The van der Waals surface area contributed by atoms with Crippen LogP contribution in [0.15, 0.2) is 0 Å². The summed E-state index contributed by atoms with van der Waals surface area (Å²) in [6.45, 7) is 3.16. The summed E-state index contributed by atoms with van der Waals surface area (Å²) < 4.78 is 13.4. The minimum absolute atomic E-state index is 0.0631. The van der Waals surface area contributed by atoms with Crippen molar-refractivity contribution in [2.24, 2.45) is 5.41 Å². The molecule has 0 saturated carbocycles. The molecule has 0 aromatic carbocycles. The minimum atomic E-state index is -0.844. The number of esters is 1. The molecule has 0 amide bonds. The molecule has 0 fully saturated rings. The molecule has 0 aromatic rings. The van der Waals surface area contributed by atoms with Crippen LogP contribution in [0.4, 0.5) is 4.79 Å². The smallest absolute Gasteiger partial charge is 0.469 e. The van der Waals surface area contributed by atoms with Crippen LogP contribution in [0.25, 0.3) is 0 Å². The number of carbonyl (C=O) groups is 2. The largest absolute Gasteiger partial charge is 0.508 e. The van der Waals surface area contributed by atoms with Crippen LogP contribution in [0.1, 0.15) is 13.8 Å². The van der Waals surface area contributed by atoms with Crippen molar-refractivity contribution in [2.75, 3.05) is 20.8 Å². The second kappa shape index (κ2) is 4.69. The Bertz CT molecular complexity index is 197. The van der Waals surface area contributed by atoms with E-state index >= 15 is 0 Å². The number of carbonyl (C=O) groups excluding carboxylic acids is 2. The maximum absolute atomic E-state index is 11.1. The Labute approximate surface area is 77.0 Å². The van der Waals surface area contributed by atoms with E-state index in [0.29, 0.717) is 0 Å². The van der Waals surface area contributed by atoms with Gasteiger partial charge in [-0.25, -0.2) is 4.79 Å². The third-order valence-corrected chi connectivity index (χ3v) is 1.46. The molecule has 0 aromatic heterocycles. The molecule has 0 aliphatic heterocycles. The Kier molecular flexibility index (Phi) is 4.23. The lowest BCUT2D eigenvalue weighted by atomic mass is 9.95. The van der Waals surface area contributed by atoms with E-state index in [1.54, 1.807) is 13.8 Å². The summed E-state index contributed by atoms with van der Waals surface area (Å²) >= 11 is 0. The molecule has 0 aliphatic rings. The molecule has 0 atom stereocenters. The lowest BCUT2D eigenvalue weighted by molar-refractivity contribution is -0.153. The highest BCUT2D eigenvalue weighted by Crippen LogP contribution is 2.17. The van der Waals surface area contributed by atoms with Crippen molar-refractivity contribution in [3.63, 3.8) is 0 Å². The molecule has 0 saturated heterocycles. The van der Waals surface area contributed by atoms with Crippen LogP contribution < -0.4 is 0 Å². The zero-order valence-electron chi connectivity index (χ0n) is 8.25. The Morgan fingerprint density at radius 2 is 1.69 bits per heavy atom. The summed E-state index contributed by atoms with van der Waals surface area (Å²) in [6.07, 6.45) is -0.808. The summed E-state index contributed by atoms with van der Waals surface area (Å²) in [5.41, 5.74) is -0.844. The van der Waals surface area contributed by atoms with Crippen molar-refractivity contribution in [3.8, 4) is 0 Å². The van der Waals surface area contributed by atoms with Gasteiger partial charge in [-0.15, -0.1) is 0 Å². The first-order valence-electron chi connectivity index (χ1n) is 3.73. The molecule has 0 unspecified atom stereocenters. The van der Waals surface area contributed by atoms with Gasteiger partial charge in [-0.2, -0.15) is 0 Å². The van der Waals surface area contributed by atoms with Gasteiger partial charge in [0.1, 0.15) is 6.61 Å². The molecule has 0 N–H and O–H groups in total. The molecule has 5 nitrogen and oxygen atoms in total. The SMILES string of the molecule is COC(=O)OCC(C)(C)C(=O)OC. The van der Waals surface area contributed by atoms with Crippen LogP contribution in [-0.2, 0) is 19.0 Å².